The number of hydrogen-bond donors (Lipinski definition) is 1. The largest absolute Gasteiger partial charge is 0.448 e. The molecule has 1 N–H and O–H groups in total. The van der Waals surface area contributed by atoms with Crippen molar-refractivity contribution in [3.8, 4) is 11.5 Å². The van der Waals surface area contributed by atoms with Crippen molar-refractivity contribution in [2.45, 2.75) is 36.4 Å². The lowest BCUT2D eigenvalue weighted by molar-refractivity contribution is -0.116. The Morgan fingerprint density at radius 1 is 1.13 bits per heavy atom. The van der Waals surface area contributed by atoms with Crippen molar-refractivity contribution in [2.24, 2.45) is 4.40 Å². The van der Waals surface area contributed by atoms with Gasteiger partial charge < -0.3 is 19.7 Å². The zero-order valence-electron chi connectivity index (χ0n) is 16.4. The number of ether oxygens (including phenoxy) is 2. The molecule has 0 bridgehead atoms. The molecule has 2 aromatic carbocycles. The minimum atomic E-state index is -3.73. The molecule has 1 amide bonds. The molecule has 1 saturated carbocycles. The first kappa shape index (κ1) is 18.9. The van der Waals surface area contributed by atoms with Gasteiger partial charge in [-0.1, -0.05) is 12.1 Å². The maximum Gasteiger partial charge on any atom is 0.285 e. The second-order valence-electron chi connectivity index (χ2n) is 7.77. The van der Waals surface area contributed by atoms with E-state index in [2.05, 4.69) is 9.71 Å². The van der Waals surface area contributed by atoms with Crippen LogP contribution in [0.2, 0.25) is 0 Å². The lowest BCUT2D eigenvalue weighted by Gasteiger charge is -2.21. The number of nitrogens with zero attached hydrogens (tertiary/aromatic N) is 2. The van der Waals surface area contributed by atoms with Gasteiger partial charge in [0.25, 0.3) is 15.8 Å². The lowest BCUT2D eigenvalue weighted by Crippen LogP contribution is -2.35. The third-order valence-electron chi connectivity index (χ3n) is 5.54. The molecule has 0 saturated heterocycles. The predicted molar refractivity (Wildman–Crippen MR) is 110 cm³/mol. The quantitative estimate of drug-likeness (QED) is 0.809. The number of hydrogen-bond acceptors (Lipinski definition) is 6. The van der Waals surface area contributed by atoms with Gasteiger partial charge in [0.1, 0.15) is 4.90 Å². The number of anilines is 1. The number of benzene rings is 2. The Hall–Kier alpha value is -3.07. The van der Waals surface area contributed by atoms with Crippen LogP contribution in [0, 0.1) is 0 Å². The number of nitrogens with one attached hydrogen (secondary N) is 1. The summed E-state index contributed by atoms with van der Waals surface area (Å²) < 4.78 is 40.3. The summed E-state index contributed by atoms with van der Waals surface area (Å²) in [5.74, 6) is 0.730. The van der Waals surface area contributed by atoms with E-state index in [4.69, 9.17) is 9.47 Å². The van der Waals surface area contributed by atoms with Crippen LogP contribution in [0.5, 0.6) is 11.5 Å². The van der Waals surface area contributed by atoms with Gasteiger partial charge in [-0.3, -0.25) is 4.79 Å². The third kappa shape index (κ3) is 3.19. The van der Waals surface area contributed by atoms with Crippen molar-refractivity contribution in [1.82, 2.24) is 4.90 Å². The molecule has 30 heavy (non-hydrogen) atoms. The molecule has 9 heteroatoms. The number of amidine groups is 1. The van der Waals surface area contributed by atoms with E-state index in [0.29, 0.717) is 22.7 Å². The molecular weight excluding hydrogens is 406 g/mol. The molecule has 0 aromatic heterocycles. The summed E-state index contributed by atoms with van der Waals surface area (Å²) in [6, 6.07) is 11.9. The zero-order chi connectivity index (χ0) is 20.9. The van der Waals surface area contributed by atoms with E-state index in [0.717, 1.165) is 25.7 Å². The molecule has 2 aromatic rings. The van der Waals surface area contributed by atoms with Crippen LogP contribution >= 0.6 is 0 Å². The Labute approximate surface area is 174 Å². The minimum Gasteiger partial charge on any atom is -0.448 e. The minimum absolute atomic E-state index is 0.0545. The molecule has 0 radical (unpaired) electrons. The van der Waals surface area contributed by atoms with Crippen LogP contribution in [0.3, 0.4) is 0 Å². The number of likely N-dealkylation sites (N-methyl/N-ethyl adjacent to an activating group) is 1. The van der Waals surface area contributed by atoms with Crippen molar-refractivity contribution < 1.29 is 22.7 Å². The van der Waals surface area contributed by atoms with E-state index in [9.17, 15) is 13.2 Å². The van der Waals surface area contributed by atoms with E-state index >= 15 is 0 Å². The first-order valence-electron chi connectivity index (χ1n) is 9.83. The maximum atomic E-state index is 12.6. The topological polar surface area (TPSA) is 97.3 Å². The van der Waals surface area contributed by atoms with E-state index in [1.54, 1.807) is 43.4 Å². The molecule has 1 fully saturated rings. The fraction of sp³-hybridized carbons (Fsp3) is 0.333. The summed E-state index contributed by atoms with van der Waals surface area (Å²) in [6.07, 6.45) is 3.88. The lowest BCUT2D eigenvalue weighted by atomic mass is 10.2. The Morgan fingerprint density at radius 2 is 1.87 bits per heavy atom. The van der Waals surface area contributed by atoms with Crippen molar-refractivity contribution in [3.63, 3.8) is 0 Å². The predicted octanol–water partition coefficient (Wildman–Crippen LogP) is 2.75. The molecule has 8 nitrogen and oxygen atoms in total. The summed E-state index contributed by atoms with van der Waals surface area (Å²) in [5, 5.41) is 2.83. The van der Waals surface area contributed by atoms with E-state index in [1.807, 2.05) is 0 Å². The number of carbonyl (C=O) groups excluding carboxylic acids is 1. The summed E-state index contributed by atoms with van der Waals surface area (Å²) in [7, 11) is -2.09. The molecule has 3 aliphatic rings. The summed E-state index contributed by atoms with van der Waals surface area (Å²) in [4.78, 5) is 14.3. The van der Waals surface area contributed by atoms with Gasteiger partial charge in [-0.2, -0.15) is 8.42 Å². The first-order chi connectivity index (χ1) is 14.4. The standard InChI is InChI=1S/C21H21N3O5S/c1-24(20-15-6-2-3-7-18(15)30(26,27)23-20)13-19(25)22-14-8-9-16-17(12-14)29-21(28-16)10-4-5-11-21/h2-3,6-9,12H,4-5,10-11,13H2,1H3,(H,22,25). The van der Waals surface area contributed by atoms with Crippen molar-refractivity contribution in [3.05, 3.63) is 48.0 Å². The average molecular weight is 427 g/mol. The van der Waals surface area contributed by atoms with Crippen LogP contribution < -0.4 is 14.8 Å². The zero-order valence-corrected chi connectivity index (χ0v) is 17.2. The van der Waals surface area contributed by atoms with Gasteiger partial charge in [-0.25, -0.2) is 0 Å². The molecule has 5 rings (SSSR count). The summed E-state index contributed by atoms with van der Waals surface area (Å²) in [6.45, 7) is -0.0545. The summed E-state index contributed by atoms with van der Waals surface area (Å²) >= 11 is 0. The third-order valence-corrected chi connectivity index (χ3v) is 6.86. The molecule has 1 spiro atoms. The molecule has 2 heterocycles. The molecule has 0 unspecified atom stereocenters. The average Bonchev–Trinajstić information content (AvgIpc) is 3.38. The molecule has 1 aliphatic carbocycles. The fourth-order valence-corrected chi connectivity index (χ4v) is 5.40. The normalized spacial score (nSPS) is 19.4. The molecule has 2 aliphatic heterocycles. The highest BCUT2D eigenvalue weighted by Crippen LogP contribution is 2.47. The highest BCUT2D eigenvalue weighted by atomic mass is 32.2. The number of fused-ring (bicyclic) bond motifs is 2. The van der Waals surface area contributed by atoms with Crippen LogP contribution in [0.25, 0.3) is 0 Å². The van der Waals surface area contributed by atoms with Crippen molar-refractivity contribution in [1.29, 1.82) is 0 Å². The second-order valence-corrected chi connectivity index (χ2v) is 9.35. The second kappa shape index (κ2) is 6.73. The van der Waals surface area contributed by atoms with Gasteiger partial charge in [-0.15, -0.1) is 4.40 Å². The van der Waals surface area contributed by atoms with E-state index in [-0.39, 0.29) is 23.2 Å². The Bertz CT molecular complexity index is 1170. The monoisotopic (exact) mass is 427 g/mol. The van der Waals surface area contributed by atoms with Gasteiger partial charge in [0.2, 0.25) is 5.91 Å². The Morgan fingerprint density at radius 3 is 2.67 bits per heavy atom. The number of amides is 1. The highest BCUT2D eigenvalue weighted by Gasteiger charge is 2.44. The van der Waals surface area contributed by atoms with Gasteiger partial charge in [0.15, 0.2) is 17.3 Å². The fourth-order valence-electron chi connectivity index (χ4n) is 4.14. The maximum absolute atomic E-state index is 12.6. The van der Waals surface area contributed by atoms with Gasteiger partial charge in [0.05, 0.1) is 6.54 Å². The Balaban J connectivity index is 1.28. The van der Waals surface area contributed by atoms with Crippen molar-refractivity contribution in [2.75, 3.05) is 18.9 Å². The van der Waals surface area contributed by atoms with Crippen LogP contribution in [-0.4, -0.2) is 44.4 Å². The van der Waals surface area contributed by atoms with E-state index < -0.39 is 15.8 Å². The number of sulfonamides is 1. The number of carbonyl (C=O) groups is 1. The molecule has 156 valence electrons. The Kier molecular flexibility index (Phi) is 4.25. The summed E-state index contributed by atoms with van der Waals surface area (Å²) in [5.41, 5.74) is 1.09. The highest BCUT2D eigenvalue weighted by molar-refractivity contribution is 7.90. The van der Waals surface area contributed by atoms with Gasteiger partial charge in [0, 0.05) is 37.2 Å². The van der Waals surface area contributed by atoms with Gasteiger partial charge in [-0.05, 0) is 37.1 Å². The van der Waals surface area contributed by atoms with Crippen LogP contribution in [0.1, 0.15) is 31.2 Å². The van der Waals surface area contributed by atoms with E-state index in [1.165, 1.54) is 11.0 Å². The molecule has 0 atom stereocenters. The van der Waals surface area contributed by atoms with Crippen LogP contribution in [0.4, 0.5) is 5.69 Å². The van der Waals surface area contributed by atoms with Crippen molar-refractivity contribution >= 4 is 27.5 Å². The van der Waals surface area contributed by atoms with Crippen LogP contribution in [-0.2, 0) is 14.8 Å². The smallest absolute Gasteiger partial charge is 0.285 e. The molecular formula is C21H21N3O5S. The first-order valence-corrected chi connectivity index (χ1v) is 11.3. The van der Waals surface area contributed by atoms with Crippen LogP contribution in [0.15, 0.2) is 51.8 Å². The number of rotatable bonds is 3. The van der Waals surface area contributed by atoms with Gasteiger partial charge >= 0.3 is 0 Å². The SMILES string of the molecule is CN(CC(=O)Nc1ccc2c(c1)OC1(CCCC1)O2)C1=NS(=O)(=O)c2ccccc21.